The van der Waals surface area contributed by atoms with Gasteiger partial charge in [-0.2, -0.15) is 0 Å². The average Bonchev–Trinajstić information content (AvgIpc) is 3.13. The lowest BCUT2D eigenvalue weighted by atomic mass is 10.1. The summed E-state index contributed by atoms with van der Waals surface area (Å²) in [6.45, 7) is 3.48. The molecule has 0 aliphatic carbocycles. The fraction of sp³-hybridized carbons (Fsp3) is 0.471. The second-order valence-electron chi connectivity index (χ2n) is 6.14. The van der Waals surface area contributed by atoms with Crippen LogP contribution in [0.3, 0.4) is 0 Å². The van der Waals surface area contributed by atoms with Crippen LogP contribution >= 0.6 is 0 Å². The summed E-state index contributed by atoms with van der Waals surface area (Å²) in [7, 11) is 0. The number of urea groups is 2. The molecular formula is C17H22N4O3. The first-order chi connectivity index (χ1) is 11.6. The van der Waals surface area contributed by atoms with E-state index in [-0.39, 0.29) is 30.6 Å². The van der Waals surface area contributed by atoms with Gasteiger partial charge in [-0.05, 0) is 37.0 Å². The molecule has 1 unspecified atom stereocenters. The molecule has 0 bridgehead atoms. The van der Waals surface area contributed by atoms with Crippen LogP contribution in [0.4, 0.5) is 15.3 Å². The zero-order chi connectivity index (χ0) is 17.1. The molecule has 2 N–H and O–H groups in total. The quantitative estimate of drug-likeness (QED) is 0.812. The smallest absolute Gasteiger partial charge is 0.327 e. The topological polar surface area (TPSA) is 81.8 Å². The van der Waals surface area contributed by atoms with Crippen molar-refractivity contribution >= 4 is 23.7 Å². The maximum absolute atomic E-state index is 12.4. The Hall–Kier alpha value is -2.57. The highest BCUT2D eigenvalue weighted by Gasteiger charge is 2.47. The van der Waals surface area contributed by atoms with Gasteiger partial charge < -0.3 is 15.5 Å². The molecule has 128 valence electrons. The van der Waals surface area contributed by atoms with Gasteiger partial charge in [-0.25, -0.2) is 9.59 Å². The minimum Gasteiger partial charge on any atom is -0.338 e. The number of carbonyl (C=O) groups excluding carboxylic acids is 3. The molecule has 3 rings (SSSR count). The van der Waals surface area contributed by atoms with Crippen LogP contribution in [0.1, 0.15) is 31.7 Å². The minimum absolute atomic E-state index is 0.114. The minimum atomic E-state index is -0.279. The molecule has 0 saturated carbocycles. The molecule has 2 fully saturated rings. The highest BCUT2D eigenvalue weighted by molar-refractivity contribution is 6.04. The van der Waals surface area contributed by atoms with E-state index in [9.17, 15) is 14.4 Å². The average molecular weight is 330 g/mol. The van der Waals surface area contributed by atoms with Crippen molar-refractivity contribution in [2.45, 2.75) is 38.8 Å². The molecule has 2 aliphatic rings. The number of anilines is 1. The predicted molar refractivity (Wildman–Crippen MR) is 89.4 cm³/mol. The van der Waals surface area contributed by atoms with E-state index in [1.54, 1.807) is 23.1 Å². The largest absolute Gasteiger partial charge is 0.338 e. The highest BCUT2D eigenvalue weighted by Crippen LogP contribution is 2.28. The van der Waals surface area contributed by atoms with Gasteiger partial charge in [-0.3, -0.25) is 9.69 Å². The Morgan fingerprint density at radius 3 is 2.92 bits per heavy atom. The van der Waals surface area contributed by atoms with Crippen LogP contribution in [0.5, 0.6) is 0 Å². The molecule has 24 heavy (non-hydrogen) atoms. The second-order valence-corrected chi connectivity index (χ2v) is 6.14. The Morgan fingerprint density at radius 2 is 2.17 bits per heavy atom. The molecule has 2 aliphatic heterocycles. The number of hydrogen-bond acceptors (Lipinski definition) is 3. The van der Waals surface area contributed by atoms with Crippen molar-refractivity contribution < 1.29 is 14.4 Å². The summed E-state index contributed by atoms with van der Waals surface area (Å²) in [6.07, 6.45) is 2.51. The third kappa shape index (κ3) is 3.20. The van der Waals surface area contributed by atoms with E-state index < -0.39 is 0 Å². The first-order valence-electron chi connectivity index (χ1n) is 8.36. The number of hydrogen-bond donors (Lipinski definition) is 2. The molecule has 7 nitrogen and oxygen atoms in total. The molecule has 0 radical (unpaired) electrons. The summed E-state index contributed by atoms with van der Waals surface area (Å²) in [6, 6.07) is 6.47. The van der Waals surface area contributed by atoms with Crippen LogP contribution in [0.15, 0.2) is 24.3 Å². The Balaban J connectivity index is 1.65. The molecule has 1 aromatic rings. The SMILES string of the molecule is CCCNC(=O)Nc1cccc(CN2C(=O)C3CCCN3C2=O)c1. The van der Waals surface area contributed by atoms with Gasteiger partial charge in [0, 0.05) is 18.8 Å². The van der Waals surface area contributed by atoms with Gasteiger partial charge in [0.2, 0.25) is 0 Å². The van der Waals surface area contributed by atoms with Crippen molar-refractivity contribution in [2.75, 3.05) is 18.4 Å². The lowest BCUT2D eigenvalue weighted by Crippen LogP contribution is -2.32. The summed E-state index contributed by atoms with van der Waals surface area (Å²) in [5.74, 6) is -0.114. The van der Waals surface area contributed by atoms with E-state index in [1.807, 2.05) is 13.0 Å². The molecule has 0 spiro atoms. The summed E-state index contributed by atoms with van der Waals surface area (Å²) in [4.78, 5) is 39.4. The third-order valence-electron chi connectivity index (χ3n) is 4.34. The van der Waals surface area contributed by atoms with Gasteiger partial charge in [-0.1, -0.05) is 19.1 Å². The number of imide groups is 1. The van der Waals surface area contributed by atoms with Crippen molar-refractivity contribution in [1.82, 2.24) is 15.1 Å². The van der Waals surface area contributed by atoms with E-state index in [4.69, 9.17) is 0 Å². The zero-order valence-corrected chi connectivity index (χ0v) is 13.7. The number of nitrogens with one attached hydrogen (secondary N) is 2. The Kier molecular flexibility index (Phi) is 4.69. The predicted octanol–water partition coefficient (Wildman–Crippen LogP) is 2.14. The van der Waals surface area contributed by atoms with Crippen molar-refractivity contribution in [3.05, 3.63) is 29.8 Å². The monoisotopic (exact) mass is 330 g/mol. The second kappa shape index (κ2) is 6.90. The van der Waals surface area contributed by atoms with Crippen molar-refractivity contribution in [3.8, 4) is 0 Å². The summed E-state index contributed by atoms with van der Waals surface area (Å²) < 4.78 is 0. The summed E-state index contributed by atoms with van der Waals surface area (Å²) in [5.41, 5.74) is 1.45. The van der Waals surface area contributed by atoms with Crippen LogP contribution in [0, 0.1) is 0 Å². The third-order valence-corrected chi connectivity index (χ3v) is 4.34. The lowest BCUT2D eigenvalue weighted by molar-refractivity contribution is -0.128. The fourth-order valence-corrected chi connectivity index (χ4v) is 3.17. The standard InChI is InChI=1S/C17H22N4O3/c1-2-8-18-16(23)19-13-6-3-5-12(10-13)11-21-15(22)14-7-4-9-20(14)17(21)24/h3,5-6,10,14H,2,4,7-9,11H2,1H3,(H2,18,19,23). The number of rotatable bonds is 5. The van der Waals surface area contributed by atoms with Gasteiger partial charge in [0.05, 0.1) is 6.54 Å². The van der Waals surface area contributed by atoms with E-state index >= 15 is 0 Å². The van der Waals surface area contributed by atoms with Crippen LogP contribution < -0.4 is 10.6 Å². The van der Waals surface area contributed by atoms with Gasteiger partial charge in [-0.15, -0.1) is 0 Å². The molecule has 0 aromatic heterocycles. The first-order valence-corrected chi connectivity index (χ1v) is 8.36. The molecule has 1 atom stereocenters. The van der Waals surface area contributed by atoms with E-state index in [0.717, 1.165) is 24.8 Å². The van der Waals surface area contributed by atoms with Crippen LogP contribution in [-0.2, 0) is 11.3 Å². The number of benzene rings is 1. The van der Waals surface area contributed by atoms with Gasteiger partial charge in [0.1, 0.15) is 6.04 Å². The molecule has 2 saturated heterocycles. The maximum Gasteiger partial charge on any atom is 0.327 e. The van der Waals surface area contributed by atoms with Crippen LogP contribution in [0.25, 0.3) is 0 Å². The Labute approximate surface area is 141 Å². The molecule has 1 aromatic carbocycles. The van der Waals surface area contributed by atoms with E-state index in [1.165, 1.54) is 4.90 Å². The fourth-order valence-electron chi connectivity index (χ4n) is 3.17. The molecule has 7 heteroatoms. The zero-order valence-electron chi connectivity index (χ0n) is 13.7. The Bertz CT molecular complexity index is 639. The van der Waals surface area contributed by atoms with Crippen molar-refractivity contribution in [2.24, 2.45) is 0 Å². The number of amides is 5. The van der Waals surface area contributed by atoms with E-state index in [0.29, 0.717) is 18.8 Å². The summed E-state index contributed by atoms with van der Waals surface area (Å²) >= 11 is 0. The lowest BCUT2D eigenvalue weighted by Gasteiger charge is -2.16. The summed E-state index contributed by atoms with van der Waals surface area (Å²) in [5, 5.41) is 5.49. The van der Waals surface area contributed by atoms with Gasteiger partial charge in [0.15, 0.2) is 0 Å². The van der Waals surface area contributed by atoms with E-state index in [2.05, 4.69) is 10.6 Å². The normalized spacial score (nSPS) is 19.6. The van der Waals surface area contributed by atoms with Crippen LogP contribution in [-0.4, -0.2) is 46.9 Å². The number of nitrogens with zero attached hydrogens (tertiary/aromatic N) is 2. The molecule has 2 heterocycles. The van der Waals surface area contributed by atoms with Gasteiger partial charge in [0.25, 0.3) is 5.91 Å². The number of fused-ring (bicyclic) bond motifs is 1. The maximum atomic E-state index is 12.4. The first kappa shape index (κ1) is 16.3. The van der Waals surface area contributed by atoms with Crippen molar-refractivity contribution in [3.63, 3.8) is 0 Å². The molecule has 5 amide bonds. The van der Waals surface area contributed by atoms with Crippen LogP contribution in [0.2, 0.25) is 0 Å². The van der Waals surface area contributed by atoms with Crippen molar-refractivity contribution in [1.29, 1.82) is 0 Å². The number of carbonyl (C=O) groups is 3. The molecular weight excluding hydrogens is 308 g/mol. The highest BCUT2D eigenvalue weighted by atomic mass is 16.2. The Morgan fingerprint density at radius 1 is 1.33 bits per heavy atom. The van der Waals surface area contributed by atoms with Gasteiger partial charge >= 0.3 is 12.1 Å².